The molecule has 10 heteroatoms. The largest absolute Gasteiger partial charge is 0.351 e. The summed E-state index contributed by atoms with van der Waals surface area (Å²) in [6.07, 6.45) is 25.9. The molecule has 0 aromatic rings. The molecular weight excluding hydrogens is 616 g/mol. The standard InChI is InChI=1S/C39H78N6O4/c1-7-9-11-13-15-17-19-21-23-25-28-40-36(46)32-44(3,4)34-38(48)42-30-27-31-43-39(49)35-45(5,6)33-37(47)41-29-26-24-22-20-18-16-14-12-10-8-2/h7-35H2,1-6H3,(H2-2,40,41,42,43,46,47,48,49)/p+2. The summed E-state index contributed by atoms with van der Waals surface area (Å²) in [5, 5.41) is 11.8. The van der Waals surface area contributed by atoms with Gasteiger partial charge < -0.3 is 30.2 Å². The highest BCUT2D eigenvalue weighted by molar-refractivity contribution is 5.80. The van der Waals surface area contributed by atoms with Gasteiger partial charge in [0.2, 0.25) is 0 Å². The molecule has 4 N–H and O–H groups in total. The third kappa shape index (κ3) is 32.7. The summed E-state index contributed by atoms with van der Waals surface area (Å²) >= 11 is 0. The minimum atomic E-state index is -0.111. The second-order valence-electron chi connectivity index (χ2n) is 15.6. The first-order valence-electron chi connectivity index (χ1n) is 20.1. The molecule has 288 valence electrons. The lowest BCUT2D eigenvalue weighted by Crippen LogP contribution is -2.53. The molecule has 0 unspecified atom stereocenters. The summed E-state index contributed by atoms with van der Waals surface area (Å²) in [6, 6.07) is 0. The van der Waals surface area contributed by atoms with Crippen molar-refractivity contribution in [3.05, 3.63) is 0 Å². The SMILES string of the molecule is CCCCCCCCCCCCNC(=O)C[N+](C)(C)CC(=O)NCCCNC(=O)C[N+](C)(C)CC(=O)NCCCCCCCCCCCC. The zero-order valence-corrected chi connectivity index (χ0v) is 33.0. The molecule has 0 aromatic carbocycles. The zero-order chi connectivity index (χ0) is 36.6. The van der Waals surface area contributed by atoms with Crippen LogP contribution in [0.25, 0.3) is 0 Å². The van der Waals surface area contributed by atoms with Crippen molar-refractivity contribution >= 4 is 23.6 Å². The minimum absolute atomic E-state index is 0.0238. The summed E-state index contributed by atoms with van der Waals surface area (Å²) in [5.41, 5.74) is 0. The lowest BCUT2D eigenvalue weighted by molar-refractivity contribution is -0.874. The van der Waals surface area contributed by atoms with Gasteiger partial charge in [-0.05, 0) is 19.3 Å². The third-order valence-corrected chi connectivity index (χ3v) is 8.99. The molecule has 0 bridgehead atoms. The molecule has 0 aromatic heterocycles. The number of nitrogens with zero attached hydrogens (tertiary/aromatic N) is 2. The van der Waals surface area contributed by atoms with E-state index in [1.54, 1.807) is 0 Å². The van der Waals surface area contributed by atoms with Crippen LogP contribution >= 0.6 is 0 Å². The molecule has 0 aliphatic carbocycles. The van der Waals surface area contributed by atoms with Crippen LogP contribution in [0.3, 0.4) is 0 Å². The Balaban J connectivity index is 3.89. The van der Waals surface area contributed by atoms with Gasteiger partial charge in [0.25, 0.3) is 23.6 Å². The van der Waals surface area contributed by atoms with E-state index in [-0.39, 0.29) is 58.8 Å². The van der Waals surface area contributed by atoms with Crippen LogP contribution in [0.15, 0.2) is 0 Å². The van der Waals surface area contributed by atoms with E-state index in [0.717, 1.165) is 25.7 Å². The number of amides is 4. The smallest absolute Gasteiger partial charge is 0.275 e. The van der Waals surface area contributed by atoms with Gasteiger partial charge in [-0.1, -0.05) is 129 Å². The van der Waals surface area contributed by atoms with E-state index in [1.165, 1.54) is 103 Å². The Morgan fingerprint density at radius 3 is 0.776 bits per heavy atom. The molecule has 0 saturated heterocycles. The Morgan fingerprint density at radius 1 is 0.327 bits per heavy atom. The van der Waals surface area contributed by atoms with Gasteiger partial charge in [0.15, 0.2) is 26.2 Å². The first kappa shape index (κ1) is 46.8. The lowest BCUT2D eigenvalue weighted by atomic mass is 10.1. The molecule has 0 radical (unpaired) electrons. The molecule has 0 aliphatic heterocycles. The quantitative estimate of drug-likeness (QED) is 0.0500. The van der Waals surface area contributed by atoms with Crippen LogP contribution in [0.2, 0.25) is 0 Å². The Labute approximate surface area is 301 Å². The van der Waals surface area contributed by atoms with Crippen LogP contribution in [-0.4, -0.2) is 113 Å². The summed E-state index contributed by atoms with van der Waals surface area (Å²) in [5.74, 6) is -0.269. The van der Waals surface area contributed by atoms with Gasteiger partial charge in [-0.15, -0.1) is 0 Å². The maximum Gasteiger partial charge on any atom is 0.275 e. The van der Waals surface area contributed by atoms with Crippen molar-refractivity contribution in [2.75, 3.05) is 80.5 Å². The van der Waals surface area contributed by atoms with Crippen LogP contribution in [0.1, 0.15) is 149 Å². The number of rotatable bonds is 34. The van der Waals surface area contributed by atoms with Crippen LogP contribution in [-0.2, 0) is 19.2 Å². The van der Waals surface area contributed by atoms with Gasteiger partial charge in [0.1, 0.15) is 0 Å². The second kappa shape index (κ2) is 30.6. The molecule has 0 atom stereocenters. The summed E-state index contributed by atoms with van der Waals surface area (Å²) < 4.78 is 0.568. The molecule has 0 spiro atoms. The molecule has 10 nitrogen and oxygen atoms in total. The van der Waals surface area contributed by atoms with Gasteiger partial charge in [-0.3, -0.25) is 19.2 Å². The van der Waals surface area contributed by atoms with Gasteiger partial charge >= 0.3 is 0 Å². The van der Waals surface area contributed by atoms with Crippen molar-refractivity contribution in [1.82, 2.24) is 21.3 Å². The van der Waals surface area contributed by atoms with E-state index in [4.69, 9.17) is 0 Å². The fourth-order valence-corrected chi connectivity index (χ4v) is 6.11. The number of hydrogen-bond acceptors (Lipinski definition) is 4. The Morgan fingerprint density at radius 2 is 0.531 bits per heavy atom. The van der Waals surface area contributed by atoms with Crippen LogP contribution in [0, 0.1) is 0 Å². The van der Waals surface area contributed by atoms with E-state index in [1.807, 2.05) is 28.2 Å². The van der Waals surface area contributed by atoms with Crippen LogP contribution < -0.4 is 21.3 Å². The second-order valence-corrected chi connectivity index (χ2v) is 15.6. The number of quaternary nitrogens is 2. The first-order chi connectivity index (χ1) is 23.4. The lowest BCUT2D eigenvalue weighted by Gasteiger charge is -2.28. The van der Waals surface area contributed by atoms with Crippen LogP contribution in [0.4, 0.5) is 0 Å². The summed E-state index contributed by atoms with van der Waals surface area (Å²) in [4.78, 5) is 49.8. The molecular formula is C39H80N6O4+2. The van der Waals surface area contributed by atoms with E-state index in [0.29, 0.717) is 32.6 Å². The number of likely N-dealkylation sites (N-methyl/N-ethyl adjacent to an activating group) is 2. The zero-order valence-electron chi connectivity index (χ0n) is 33.0. The first-order valence-corrected chi connectivity index (χ1v) is 20.1. The topological polar surface area (TPSA) is 116 Å². The van der Waals surface area contributed by atoms with Gasteiger partial charge in [0, 0.05) is 26.2 Å². The monoisotopic (exact) mass is 697 g/mol. The highest BCUT2D eigenvalue weighted by Crippen LogP contribution is 2.11. The molecule has 49 heavy (non-hydrogen) atoms. The van der Waals surface area contributed by atoms with E-state index < -0.39 is 0 Å². The van der Waals surface area contributed by atoms with E-state index in [9.17, 15) is 19.2 Å². The van der Waals surface area contributed by atoms with E-state index >= 15 is 0 Å². The highest BCUT2D eigenvalue weighted by Gasteiger charge is 2.25. The fourth-order valence-electron chi connectivity index (χ4n) is 6.11. The maximum absolute atomic E-state index is 12.5. The molecule has 0 heterocycles. The maximum atomic E-state index is 12.5. The van der Waals surface area contributed by atoms with Gasteiger partial charge in [-0.2, -0.15) is 0 Å². The molecule has 0 rings (SSSR count). The normalized spacial score (nSPS) is 11.7. The average molecular weight is 697 g/mol. The average Bonchev–Trinajstić information content (AvgIpc) is 3.01. The van der Waals surface area contributed by atoms with Gasteiger partial charge in [-0.25, -0.2) is 0 Å². The Bertz CT molecular complexity index is 796. The summed E-state index contributed by atoms with van der Waals surface area (Å²) in [6.45, 7) is 7.71. The minimum Gasteiger partial charge on any atom is -0.351 e. The predicted molar refractivity (Wildman–Crippen MR) is 204 cm³/mol. The van der Waals surface area contributed by atoms with Crippen molar-refractivity contribution in [3.63, 3.8) is 0 Å². The van der Waals surface area contributed by atoms with E-state index in [2.05, 4.69) is 35.1 Å². The van der Waals surface area contributed by atoms with Crippen molar-refractivity contribution < 1.29 is 28.1 Å². The van der Waals surface area contributed by atoms with Gasteiger partial charge in [0.05, 0.1) is 28.2 Å². The number of hydrogen-bond donors (Lipinski definition) is 4. The molecule has 0 aliphatic rings. The predicted octanol–water partition coefficient (Wildman–Crippen LogP) is 5.84. The third-order valence-electron chi connectivity index (χ3n) is 8.99. The molecule has 4 amide bonds. The number of carbonyl (C=O) groups excluding carboxylic acids is 4. The highest BCUT2D eigenvalue weighted by atomic mass is 16.2. The summed E-state index contributed by atoms with van der Waals surface area (Å²) in [7, 11) is 7.55. The van der Waals surface area contributed by atoms with Crippen molar-refractivity contribution in [1.29, 1.82) is 0 Å². The number of unbranched alkanes of at least 4 members (excludes halogenated alkanes) is 18. The van der Waals surface area contributed by atoms with Crippen molar-refractivity contribution in [2.45, 2.75) is 149 Å². The van der Waals surface area contributed by atoms with Crippen LogP contribution in [0.5, 0.6) is 0 Å². The van der Waals surface area contributed by atoms with Crippen molar-refractivity contribution in [2.24, 2.45) is 0 Å². The number of nitrogens with one attached hydrogen (secondary N) is 4. The number of carbonyl (C=O) groups is 4. The fraction of sp³-hybridized carbons (Fsp3) is 0.897. The van der Waals surface area contributed by atoms with Crippen molar-refractivity contribution in [3.8, 4) is 0 Å². The molecule has 0 saturated carbocycles. The Kier molecular flexibility index (Phi) is 29.2. The Hall–Kier alpha value is -2.20. The molecule has 0 fully saturated rings.